The van der Waals surface area contributed by atoms with E-state index in [4.69, 9.17) is 52.5 Å². The fourth-order valence-corrected chi connectivity index (χ4v) is 8.53. The molecule has 12 heteroatoms. The van der Waals surface area contributed by atoms with Crippen molar-refractivity contribution in [3.63, 3.8) is 0 Å². The number of hydrogen-bond acceptors (Lipinski definition) is 8. The minimum absolute atomic E-state index is 0.0437. The number of anilines is 1. The first-order valence-corrected chi connectivity index (χ1v) is 16.8. The molecule has 0 saturated heterocycles. The standard InChI is InChI=1S/C36H28Cl2N6O4/c1-3-14(2)25-33-42-27-29(48-33)36-18-8-4-7-17(16-6-5-9-21-23(16)24(30(37)40-21)28-31(38)44-34(27)47-28)26(18)43-35(36)46-22-11-10-15(12-19(22)36)13-20(39)32(45)41-25/h4-12,14,20,25,35,40,43H,3,13,39H2,1-2H3,(H,41,45)/t14-,20-,25-,35?,36-/m0/s1. The summed E-state index contributed by atoms with van der Waals surface area (Å²) in [5.41, 5.74) is 12.7. The number of hydrogen-bond donors (Lipinski definition) is 4. The fourth-order valence-electron chi connectivity index (χ4n) is 8.03. The Labute approximate surface area is 284 Å². The predicted octanol–water partition coefficient (Wildman–Crippen LogP) is 7.33. The number of rotatable bonds is 2. The molecule has 240 valence electrons. The SMILES string of the molecule is CC[C@H](C)[C@@H]1NC(=O)[C@@H](N)Cc2ccc3c(c2)[C@]24c5cccc(c5NC2O3)-c2cccc3[nH]c(Cl)c(c23)-c2oc(nc2Cl)-c2nc1oc24. The van der Waals surface area contributed by atoms with Crippen LogP contribution >= 0.6 is 23.2 Å². The van der Waals surface area contributed by atoms with Crippen LogP contribution in [0.2, 0.25) is 10.3 Å². The highest BCUT2D eigenvalue weighted by Crippen LogP contribution is 2.62. The third kappa shape index (κ3) is 3.49. The van der Waals surface area contributed by atoms with Gasteiger partial charge in [-0.2, -0.15) is 4.98 Å². The van der Waals surface area contributed by atoms with Gasteiger partial charge < -0.3 is 34.9 Å². The number of amides is 1. The molecule has 4 aliphatic heterocycles. The zero-order valence-electron chi connectivity index (χ0n) is 25.8. The maximum absolute atomic E-state index is 13.5. The summed E-state index contributed by atoms with van der Waals surface area (Å²) in [5, 5.41) is 8.25. The van der Waals surface area contributed by atoms with Gasteiger partial charge in [-0.15, -0.1) is 0 Å². The molecule has 4 aliphatic rings. The van der Waals surface area contributed by atoms with E-state index in [9.17, 15) is 4.79 Å². The van der Waals surface area contributed by atoms with Gasteiger partial charge in [-0.25, -0.2) is 4.98 Å². The molecule has 5 N–H and O–H groups in total. The van der Waals surface area contributed by atoms with Crippen molar-refractivity contribution in [3.05, 3.63) is 93.2 Å². The highest BCUT2D eigenvalue weighted by Gasteiger charge is 2.61. The van der Waals surface area contributed by atoms with Crippen LogP contribution in [0.1, 0.15) is 54.7 Å². The van der Waals surface area contributed by atoms with Crippen molar-refractivity contribution in [2.24, 2.45) is 11.7 Å². The smallest absolute Gasteiger partial charge is 0.250 e. The van der Waals surface area contributed by atoms with Crippen molar-refractivity contribution in [2.45, 2.75) is 50.4 Å². The minimum atomic E-state index is -1.03. The van der Waals surface area contributed by atoms with Crippen molar-refractivity contribution < 1.29 is 18.4 Å². The largest absolute Gasteiger partial charge is 0.469 e. The Morgan fingerprint density at radius 3 is 2.73 bits per heavy atom. The quantitative estimate of drug-likeness (QED) is 0.149. The molecule has 5 atom stereocenters. The van der Waals surface area contributed by atoms with Gasteiger partial charge in [0.2, 0.25) is 11.8 Å². The number of nitrogens with two attached hydrogens (primary N) is 1. The number of aromatic amines is 1. The Morgan fingerprint density at radius 1 is 1.04 bits per heavy atom. The van der Waals surface area contributed by atoms with Crippen molar-refractivity contribution in [3.8, 4) is 39.8 Å². The molecule has 3 aromatic heterocycles. The van der Waals surface area contributed by atoms with Crippen LogP contribution in [0.5, 0.6) is 5.75 Å². The van der Waals surface area contributed by atoms with E-state index in [0.29, 0.717) is 46.0 Å². The molecular formula is C36H28Cl2N6O4. The van der Waals surface area contributed by atoms with E-state index in [1.807, 2.05) is 37.3 Å². The van der Waals surface area contributed by atoms with E-state index in [1.165, 1.54) is 0 Å². The molecule has 0 aliphatic carbocycles. The van der Waals surface area contributed by atoms with Gasteiger partial charge in [0.15, 0.2) is 28.6 Å². The number of aromatic nitrogens is 3. The molecule has 3 aromatic carbocycles. The average Bonchev–Trinajstić information content (AvgIpc) is 3.88. The van der Waals surface area contributed by atoms with Crippen molar-refractivity contribution >= 4 is 45.7 Å². The lowest BCUT2D eigenvalue weighted by molar-refractivity contribution is -0.123. The predicted molar refractivity (Wildman–Crippen MR) is 181 cm³/mol. The summed E-state index contributed by atoms with van der Waals surface area (Å²) >= 11 is 13.8. The van der Waals surface area contributed by atoms with Crippen LogP contribution in [-0.4, -0.2) is 33.1 Å². The molecule has 10 nitrogen and oxygen atoms in total. The number of carbonyl (C=O) groups excluding carboxylic acids is 1. The number of benzene rings is 3. The van der Waals surface area contributed by atoms with E-state index in [0.717, 1.165) is 50.8 Å². The monoisotopic (exact) mass is 678 g/mol. The first-order chi connectivity index (χ1) is 23.3. The Kier molecular flexibility index (Phi) is 5.68. The maximum atomic E-state index is 13.5. The molecule has 0 fully saturated rings. The summed E-state index contributed by atoms with van der Waals surface area (Å²) in [6.07, 6.45) is 0.464. The third-order valence-corrected chi connectivity index (χ3v) is 11.1. The molecule has 7 heterocycles. The zero-order valence-corrected chi connectivity index (χ0v) is 27.3. The van der Waals surface area contributed by atoms with Crippen molar-refractivity contribution in [1.29, 1.82) is 0 Å². The Morgan fingerprint density at radius 2 is 1.88 bits per heavy atom. The number of carbonyl (C=O) groups is 1. The second kappa shape index (κ2) is 9.65. The average molecular weight is 680 g/mol. The van der Waals surface area contributed by atoms with E-state index < -0.39 is 23.7 Å². The number of halogens is 2. The van der Waals surface area contributed by atoms with Gasteiger partial charge in [-0.3, -0.25) is 4.79 Å². The van der Waals surface area contributed by atoms with Gasteiger partial charge in [0.1, 0.15) is 22.4 Å². The molecule has 0 radical (unpaired) electrons. The van der Waals surface area contributed by atoms with Gasteiger partial charge in [0, 0.05) is 33.3 Å². The molecular weight excluding hydrogens is 651 g/mol. The Hall–Kier alpha value is -4.77. The van der Waals surface area contributed by atoms with Crippen LogP contribution in [0.3, 0.4) is 0 Å². The van der Waals surface area contributed by atoms with Crippen LogP contribution in [0.25, 0.3) is 44.9 Å². The lowest BCUT2D eigenvalue weighted by Gasteiger charge is -2.28. The summed E-state index contributed by atoms with van der Waals surface area (Å²) in [5.74, 6) is 1.60. The summed E-state index contributed by atoms with van der Waals surface area (Å²) in [4.78, 5) is 26.7. The first-order valence-electron chi connectivity index (χ1n) is 16.0. The lowest BCUT2D eigenvalue weighted by atomic mass is 9.72. The molecule has 1 unspecified atom stereocenters. The van der Waals surface area contributed by atoms with Crippen molar-refractivity contribution in [2.75, 3.05) is 5.32 Å². The number of oxazole rings is 2. The number of H-pyrrole nitrogens is 1. The molecule has 10 rings (SSSR count). The van der Waals surface area contributed by atoms with Gasteiger partial charge in [0.25, 0.3) is 5.89 Å². The molecule has 1 spiro atoms. The van der Waals surface area contributed by atoms with E-state index in [-0.39, 0.29) is 22.9 Å². The number of nitrogens with zero attached hydrogens (tertiary/aromatic N) is 2. The molecule has 1 amide bonds. The number of fused-ring (bicyclic) bond motifs is 7. The first kappa shape index (κ1) is 28.3. The highest BCUT2D eigenvalue weighted by molar-refractivity contribution is 6.37. The Bertz CT molecular complexity index is 2380. The summed E-state index contributed by atoms with van der Waals surface area (Å²) in [6, 6.07) is 16.8. The van der Waals surface area contributed by atoms with E-state index in [1.54, 1.807) is 0 Å². The van der Waals surface area contributed by atoms with Gasteiger partial charge >= 0.3 is 0 Å². The lowest BCUT2D eigenvalue weighted by Crippen LogP contribution is -2.45. The topological polar surface area (TPSA) is 144 Å². The highest BCUT2D eigenvalue weighted by atomic mass is 35.5. The van der Waals surface area contributed by atoms with Crippen LogP contribution in [0.4, 0.5) is 5.69 Å². The van der Waals surface area contributed by atoms with Gasteiger partial charge in [-0.1, -0.05) is 85.9 Å². The fraction of sp³-hybridized carbons (Fsp3) is 0.250. The summed E-state index contributed by atoms with van der Waals surface area (Å²) < 4.78 is 20.3. The molecule has 0 saturated carbocycles. The number of ether oxygens (including phenoxy) is 1. The van der Waals surface area contributed by atoms with E-state index >= 15 is 0 Å². The molecule has 6 aromatic rings. The second-order valence-corrected chi connectivity index (χ2v) is 13.8. The van der Waals surface area contributed by atoms with Crippen LogP contribution in [-0.2, 0) is 16.6 Å². The molecule has 48 heavy (non-hydrogen) atoms. The second-order valence-electron chi connectivity index (χ2n) is 13.1. The van der Waals surface area contributed by atoms with E-state index in [2.05, 4.69) is 46.8 Å². The normalized spacial score (nSPS) is 23.4. The summed E-state index contributed by atoms with van der Waals surface area (Å²) in [6.45, 7) is 4.10. The zero-order chi connectivity index (χ0) is 32.6. The Balaban J connectivity index is 1.40. The number of para-hydroxylation sites is 1. The third-order valence-electron chi connectivity index (χ3n) is 10.5. The van der Waals surface area contributed by atoms with Gasteiger partial charge in [0.05, 0.1) is 11.6 Å². The van der Waals surface area contributed by atoms with Crippen LogP contribution in [0.15, 0.2) is 63.4 Å². The van der Waals surface area contributed by atoms with Crippen LogP contribution in [0, 0.1) is 5.92 Å². The van der Waals surface area contributed by atoms with Gasteiger partial charge in [-0.05, 0) is 35.6 Å². The minimum Gasteiger partial charge on any atom is -0.469 e. The molecule has 10 bridgehead atoms. The van der Waals surface area contributed by atoms with Crippen LogP contribution < -0.4 is 21.1 Å². The number of nitrogens with one attached hydrogen (secondary N) is 3. The summed E-state index contributed by atoms with van der Waals surface area (Å²) in [7, 11) is 0. The van der Waals surface area contributed by atoms with Crippen molar-refractivity contribution in [1.82, 2.24) is 20.3 Å². The maximum Gasteiger partial charge on any atom is 0.250 e.